The van der Waals surface area contributed by atoms with Crippen molar-refractivity contribution < 1.29 is 33.6 Å². The lowest BCUT2D eigenvalue weighted by atomic mass is 10.4. The number of aldehydes is 1. The first-order chi connectivity index (χ1) is 10.9. The Kier molecular flexibility index (Phi) is 7.11. The molecule has 4 amide bonds. The van der Waals surface area contributed by atoms with Crippen LogP contribution in [0.3, 0.4) is 0 Å². The Balaban J connectivity index is 2.19. The molecule has 0 aromatic heterocycles. The lowest BCUT2D eigenvalue weighted by Crippen LogP contribution is -2.38. The zero-order valence-electron chi connectivity index (χ0n) is 12.1. The van der Waals surface area contributed by atoms with E-state index in [1.807, 2.05) is 0 Å². The summed E-state index contributed by atoms with van der Waals surface area (Å²) in [4.78, 5) is 70.9. The number of hydrogen-bond donors (Lipinski definition) is 2. The first-order valence-corrected chi connectivity index (χ1v) is 6.67. The Morgan fingerprint density at radius 2 is 1.78 bits per heavy atom. The number of nitrogens with one attached hydrogen (secondary N) is 2. The minimum Gasteiger partial charge on any atom is -0.354 e. The van der Waals surface area contributed by atoms with E-state index in [-0.39, 0.29) is 32.4 Å². The van der Waals surface area contributed by atoms with E-state index < -0.39 is 29.6 Å². The van der Waals surface area contributed by atoms with Crippen molar-refractivity contribution in [1.29, 1.82) is 0 Å². The van der Waals surface area contributed by atoms with Gasteiger partial charge in [0.1, 0.15) is 6.29 Å². The van der Waals surface area contributed by atoms with Crippen molar-refractivity contribution in [2.75, 3.05) is 13.1 Å². The molecule has 0 saturated carbocycles. The molecule has 1 fully saturated rings. The van der Waals surface area contributed by atoms with Gasteiger partial charge in [-0.15, -0.1) is 5.06 Å². The van der Waals surface area contributed by atoms with Crippen LogP contribution in [-0.2, 0) is 33.6 Å². The number of amides is 4. The van der Waals surface area contributed by atoms with Gasteiger partial charge in [-0.25, -0.2) is 4.79 Å². The lowest BCUT2D eigenvalue weighted by molar-refractivity contribution is -0.197. The second-order valence-corrected chi connectivity index (χ2v) is 4.36. The molecule has 1 saturated heterocycles. The summed E-state index contributed by atoms with van der Waals surface area (Å²) in [6.07, 6.45) is 2.11. The predicted molar refractivity (Wildman–Crippen MR) is 73.0 cm³/mol. The predicted octanol–water partition coefficient (Wildman–Crippen LogP) is -2.03. The van der Waals surface area contributed by atoms with Crippen molar-refractivity contribution >= 4 is 35.9 Å². The van der Waals surface area contributed by atoms with E-state index in [4.69, 9.17) is 0 Å². The van der Waals surface area contributed by atoms with Gasteiger partial charge in [0.2, 0.25) is 11.8 Å². The van der Waals surface area contributed by atoms with Crippen molar-refractivity contribution in [3.8, 4) is 0 Å². The Morgan fingerprint density at radius 3 is 2.39 bits per heavy atom. The summed E-state index contributed by atoms with van der Waals surface area (Å²) in [6, 6.07) is 0. The monoisotopic (exact) mass is 325 g/mol. The summed E-state index contributed by atoms with van der Waals surface area (Å²) in [5.41, 5.74) is 0. The maximum Gasteiger partial charge on any atom is 0.334 e. The van der Waals surface area contributed by atoms with Crippen LogP contribution in [0, 0.1) is 0 Å². The van der Waals surface area contributed by atoms with Crippen LogP contribution >= 0.6 is 0 Å². The Hall–Kier alpha value is -3.04. The van der Waals surface area contributed by atoms with E-state index in [1.165, 1.54) is 0 Å². The molecule has 1 aliphatic heterocycles. The molecule has 10 nitrogen and oxygen atoms in total. The minimum absolute atomic E-state index is 0.00109. The van der Waals surface area contributed by atoms with Crippen LogP contribution in [0.2, 0.25) is 0 Å². The SMILES string of the molecule is O=C/C=C\C(=O)NCC(=O)NCCC(=O)ON1C(=O)CCC1=O. The summed E-state index contributed by atoms with van der Waals surface area (Å²) in [7, 11) is 0. The van der Waals surface area contributed by atoms with Gasteiger partial charge in [0, 0.05) is 25.5 Å². The smallest absolute Gasteiger partial charge is 0.334 e. The fraction of sp³-hybridized carbons (Fsp3) is 0.385. The van der Waals surface area contributed by atoms with Gasteiger partial charge in [0.25, 0.3) is 11.8 Å². The Bertz CT molecular complexity index is 540. The summed E-state index contributed by atoms with van der Waals surface area (Å²) in [6.45, 7) is -0.423. The number of rotatable bonds is 8. The van der Waals surface area contributed by atoms with E-state index in [9.17, 15) is 28.8 Å². The highest BCUT2D eigenvalue weighted by Crippen LogP contribution is 2.12. The van der Waals surface area contributed by atoms with Gasteiger partial charge < -0.3 is 15.5 Å². The zero-order chi connectivity index (χ0) is 17.2. The maximum atomic E-state index is 11.4. The van der Waals surface area contributed by atoms with Crippen LogP contribution in [0.4, 0.5) is 0 Å². The molecule has 10 heteroatoms. The summed E-state index contributed by atoms with van der Waals surface area (Å²) < 4.78 is 0. The Morgan fingerprint density at radius 1 is 1.13 bits per heavy atom. The summed E-state index contributed by atoms with van der Waals surface area (Å²) in [5.74, 6) is -3.18. The van der Waals surface area contributed by atoms with E-state index in [2.05, 4.69) is 15.5 Å². The maximum absolute atomic E-state index is 11.4. The quantitative estimate of drug-likeness (QED) is 0.298. The van der Waals surface area contributed by atoms with Crippen LogP contribution < -0.4 is 10.6 Å². The van der Waals surface area contributed by atoms with Gasteiger partial charge in [-0.05, 0) is 6.08 Å². The molecule has 2 N–H and O–H groups in total. The second kappa shape index (κ2) is 9.07. The van der Waals surface area contributed by atoms with Crippen LogP contribution in [0.15, 0.2) is 12.2 Å². The van der Waals surface area contributed by atoms with Gasteiger partial charge >= 0.3 is 5.97 Å². The number of hydrogen-bond acceptors (Lipinski definition) is 7. The molecular weight excluding hydrogens is 310 g/mol. The van der Waals surface area contributed by atoms with E-state index in [0.29, 0.717) is 11.3 Å². The number of imide groups is 1. The first-order valence-electron chi connectivity index (χ1n) is 6.67. The van der Waals surface area contributed by atoms with Gasteiger partial charge in [0.15, 0.2) is 0 Å². The fourth-order valence-corrected chi connectivity index (χ4v) is 1.52. The van der Waals surface area contributed by atoms with E-state index in [0.717, 1.165) is 12.2 Å². The highest BCUT2D eigenvalue weighted by molar-refractivity contribution is 6.01. The average Bonchev–Trinajstić information content (AvgIpc) is 2.82. The van der Waals surface area contributed by atoms with Crippen molar-refractivity contribution in [1.82, 2.24) is 15.7 Å². The molecule has 0 unspecified atom stereocenters. The van der Waals surface area contributed by atoms with Gasteiger partial charge in [-0.3, -0.25) is 24.0 Å². The number of carbonyl (C=O) groups excluding carboxylic acids is 6. The zero-order valence-corrected chi connectivity index (χ0v) is 12.1. The topological polar surface area (TPSA) is 139 Å². The molecule has 0 radical (unpaired) electrons. The third-order valence-electron chi connectivity index (χ3n) is 2.60. The lowest BCUT2D eigenvalue weighted by Gasteiger charge is -2.12. The largest absolute Gasteiger partial charge is 0.354 e. The van der Waals surface area contributed by atoms with Gasteiger partial charge in [0.05, 0.1) is 13.0 Å². The van der Waals surface area contributed by atoms with Crippen molar-refractivity contribution in [3.63, 3.8) is 0 Å². The molecule has 0 aromatic rings. The minimum atomic E-state index is -0.841. The number of nitrogens with zero attached hydrogens (tertiary/aromatic N) is 1. The third kappa shape index (κ3) is 6.50. The summed E-state index contributed by atoms with van der Waals surface area (Å²) in [5, 5.41) is 4.97. The molecule has 0 spiro atoms. The third-order valence-corrected chi connectivity index (χ3v) is 2.60. The number of allylic oxidation sites excluding steroid dienone is 1. The number of carbonyl (C=O) groups is 6. The van der Waals surface area contributed by atoms with Crippen LogP contribution in [-0.4, -0.2) is 54.0 Å². The molecule has 124 valence electrons. The Labute approximate surface area is 130 Å². The highest BCUT2D eigenvalue weighted by Gasteiger charge is 2.32. The molecule has 0 bridgehead atoms. The standard InChI is InChI=1S/C13H15N3O7/c17-7-1-2-9(18)15-8-10(19)14-6-5-13(22)23-16-11(20)3-4-12(16)21/h1-2,7H,3-6,8H2,(H,14,19)(H,15,18)/b2-1-. The average molecular weight is 325 g/mol. The molecule has 1 heterocycles. The first kappa shape index (κ1) is 18.0. The molecule has 1 rings (SSSR count). The summed E-state index contributed by atoms with van der Waals surface area (Å²) >= 11 is 0. The molecular formula is C13H15N3O7. The van der Waals surface area contributed by atoms with Gasteiger partial charge in [-0.2, -0.15) is 0 Å². The number of hydroxylamine groups is 2. The molecule has 0 aliphatic carbocycles. The molecule has 0 atom stereocenters. The van der Waals surface area contributed by atoms with Gasteiger partial charge in [-0.1, -0.05) is 0 Å². The normalized spacial score (nSPS) is 14.0. The van der Waals surface area contributed by atoms with Crippen molar-refractivity contribution in [2.24, 2.45) is 0 Å². The van der Waals surface area contributed by atoms with Crippen LogP contribution in [0.5, 0.6) is 0 Å². The van der Waals surface area contributed by atoms with Crippen LogP contribution in [0.1, 0.15) is 19.3 Å². The van der Waals surface area contributed by atoms with E-state index in [1.54, 1.807) is 0 Å². The van der Waals surface area contributed by atoms with Crippen LogP contribution in [0.25, 0.3) is 0 Å². The van der Waals surface area contributed by atoms with Crippen molar-refractivity contribution in [2.45, 2.75) is 19.3 Å². The molecule has 23 heavy (non-hydrogen) atoms. The second-order valence-electron chi connectivity index (χ2n) is 4.36. The van der Waals surface area contributed by atoms with Crippen molar-refractivity contribution in [3.05, 3.63) is 12.2 Å². The highest BCUT2D eigenvalue weighted by atomic mass is 16.7. The fourth-order valence-electron chi connectivity index (χ4n) is 1.52. The molecule has 1 aliphatic rings. The van der Waals surface area contributed by atoms with E-state index >= 15 is 0 Å². The molecule has 0 aromatic carbocycles.